The number of thioether (sulfide) groups is 1. The van der Waals surface area contributed by atoms with Gasteiger partial charge in [0.2, 0.25) is 0 Å². The Morgan fingerprint density at radius 1 is 1.21 bits per heavy atom. The molecule has 0 atom stereocenters. The van der Waals surface area contributed by atoms with Crippen molar-refractivity contribution in [2.75, 3.05) is 5.75 Å². The minimum Gasteiger partial charge on any atom is -0.462 e. The van der Waals surface area contributed by atoms with E-state index in [1.807, 2.05) is 45.0 Å². The van der Waals surface area contributed by atoms with Gasteiger partial charge in [-0.05, 0) is 32.4 Å². The number of hydrogen-bond acceptors (Lipinski definition) is 4. The van der Waals surface area contributed by atoms with Gasteiger partial charge in [0.05, 0.1) is 11.9 Å². The predicted molar refractivity (Wildman–Crippen MR) is 77.6 cm³/mol. The molecule has 0 aromatic heterocycles. The van der Waals surface area contributed by atoms with E-state index in [1.54, 1.807) is 0 Å². The van der Waals surface area contributed by atoms with Gasteiger partial charge < -0.3 is 4.74 Å². The van der Waals surface area contributed by atoms with Crippen molar-refractivity contribution in [1.82, 2.24) is 0 Å². The highest BCUT2D eigenvalue weighted by Crippen LogP contribution is 2.19. The van der Waals surface area contributed by atoms with Crippen LogP contribution < -0.4 is 0 Å². The average molecular weight is 280 g/mol. The maximum Gasteiger partial charge on any atom is 0.316 e. The number of benzene rings is 1. The van der Waals surface area contributed by atoms with Gasteiger partial charge in [-0.15, -0.1) is 11.8 Å². The van der Waals surface area contributed by atoms with Gasteiger partial charge in [-0.1, -0.05) is 19.1 Å². The van der Waals surface area contributed by atoms with Gasteiger partial charge >= 0.3 is 5.97 Å². The van der Waals surface area contributed by atoms with Gasteiger partial charge in [0.25, 0.3) is 0 Å². The van der Waals surface area contributed by atoms with Crippen LogP contribution in [0.15, 0.2) is 29.2 Å². The molecule has 0 amide bonds. The lowest BCUT2D eigenvalue weighted by Crippen LogP contribution is -2.13. The van der Waals surface area contributed by atoms with Crippen molar-refractivity contribution in [3.8, 4) is 0 Å². The molecule has 1 aromatic carbocycles. The molecule has 0 radical (unpaired) electrons. The van der Waals surface area contributed by atoms with Crippen molar-refractivity contribution >= 4 is 23.5 Å². The maximum atomic E-state index is 11.7. The summed E-state index contributed by atoms with van der Waals surface area (Å²) in [7, 11) is 0. The van der Waals surface area contributed by atoms with Crippen molar-refractivity contribution in [2.45, 2.75) is 44.6 Å². The molecular formula is C15H20O3S. The first-order chi connectivity index (χ1) is 9.02. The van der Waals surface area contributed by atoms with Crippen LogP contribution >= 0.6 is 11.8 Å². The van der Waals surface area contributed by atoms with Crippen LogP contribution in [-0.4, -0.2) is 23.6 Å². The molecule has 0 saturated heterocycles. The van der Waals surface area contributed by atoms with Gasteiger partial charge in [0.1, 0.15) is 0 Å². The van der Waals surface area contributed by atoms with Gasteiger partial charge in [-0.3, -0.25) is 9.59 Å². The molecule has 19 heavy (non-hydrogen) atoms. The average Bonchev–Trinajstić information content (AvgIpc) is 2.36. The van der Waals surface area contributed by atoms with Crippen LogP contribution in [0.1, 0.15) is 44.0 Å². The van der Waals surface area contributed by atoms with E-state index >= 15 is 0 Å². The van der Waals surface area contributed by atoms with Crippen molar-refractivity contribution < 1.29 is 14.3 Å². The summed E-state index contributed by atoms with van der Waals surface area (Å²) in [6, 6.07) is 7.37. The van der Waals surface area contributed by atoms with Gasteiger partial charge in [0.15, 0.2) is 5.78 Å². The Labute approximate surface area is 118 Å². The van der Waals surface area contributed by atoms with Gasteiger partial charge in [0, 0.05) is 16.9 Å². The standard InChI is InChI=1S/C15H20O3S/c1-4-5-14(16)12-6-8-13(9-7-12)19-10-15(17)18-11(2)3/h6-9,11H,4-5,10H2,1-3H3. The minimum atomic E-state index is -0.217. The lowest BCUT2D eigenvalue weighted by atomic mass is 10.1. The first kappa shape index (κ1) is 15.8. The molecule has 0 spiro atoms. The summed E-state index contributed by atoms with van der Waals surface area (Å²) < 4.78 is 5.05. The zero-order valence-electron chi connectivity index (χ0n) is 11.6. The Bertz CT molecular complexity index is 424. The van der Waals surface area contributed by atoms with Crippen LogP contribution in [0.3, 0.4) is 0 Å². The van der Waals surface area contributed by atoms with Crippen LogP contribution in [0, 0.1) is 0 Å². The first-order valence-electron chi connectivity index (χ1n) is 6.48. The molecule has 0 aliphatic carbocycles. The van der Waals surface area contributed by atoms with Crippen molar-refractivity contribution in [3.05, 3.63) is 29.8 Å². The molecule has 104 valence electrons. The Morgan fingerprint density at radius 2 is 1.84 bits per heavy atom. The number of ether oxygens (including phenoxy) is 1. The topological polar surface area (TPSA) is 43.4 Å². The third-order valence-corrected chi connectivity index (χ3v) is 3.36. The molecule has 0 unspecified atom stereocenters. The summed E-state index contributed by atoms with van der Waals surface area (Å²) in [6.45, 7) is 5.65. The second kappa shape index (κ2) is 8.00. The molecule has 0 N–H and O–H groups in total. The number of hydrogen-bond donors (Lipinski definition) is 0. The van der Waals surface area contributed by atoms with E-state index in [0.29, 0.717) is 12.2 Å². The maximum absolute atomic E-state index is 11.7. The third-order valence-electron chi connectivity index (χ3n) is 2.38. The molecule has 0 heterocycles. The predicted octanol–water partition coefficient (Wildman–Crippen LogP) is 3.71. The Balaban J connectivity index is 2.48. The number of Topliss-reactive ketones (excluding diaryl/α,β-unsaturated/α-hetero) is 1. The quantitative estimate of drug-likeness (QED) is 0.434. The molecular weight excluding hydrogens is 260 g/mol. The molecule has 0 bridgehead atoms. The van der Waals surface area contributed by atoms with E-state index in [-0.39, 0.29) is 17.9 Å². The monoisotopic (exact) mass is 280 g/mol. The van der Waals surface area contributed by atoms with Crippen LogP contribution in [0.4, 0.5) is 0 Å². The lowest BCUT2D eigenvalue weighted by molar-refractivity contribution is -0.144. The van der Waals surface area contributed by atoms with Crippen molar-refractivity contribution in [1.29, 1.82) is 0 Å². The SMILES string of the molecule is CCCC(=O)c1ccc(SCC(=O)OC(C)C)cc1. The van der Waals surface area contributed by atoms with Crippen LogP contribution in [0.5, 0.6) is 0 Å². The molecule has 1 aromatic rings. The van der Waals surface area contributed by atoms with Crippen LogP contribution in [-0.2, 0) is 9.53 Å². The summed E-state index contributed by atoms with van der Waals surface area (Å²) in [5.41, 5.74) is 0.732. The summed E-state index contributed by atoms with van der Waals surface area (Å²) >= 11 is 1.42. The Morgan fingerprint density at radius 3 is 2.37 bits per heavy atom. The Hall–Kier alpha value is -1.29. The fraction of sp³-hybridized carbons (Fsp3) is 0.467. The molecule has 1 rings (SSSR count). The second-order valence-electron chi connectivity index (χ2n) is 4.52. The fourth-order valence-electron chi connectivity index (χ4n) is 1.55. The molecule has 4 heteroatoms. The Kier molecular flexibility index (Phi) is 6.64. The molecule has 3 nitrogen and oxygen atoms in total. The zero-order valence-corrected chi connectivity index (χ0v) is 12.5. The van der Waals surface area contributed by atoms with Gasteiger partial charge in [-0.25, -0.2) is 0 Å². The summed E-state index contributed by atoms with van der Waals surface area (Å²) in [5, 5.41) is 0. The van der Waals surface area contributed by atoms with E-state index in [4.69, 9.17) is 4.74 Å². The highest BCUT2D eigenvalue weighted by molar-refractivity contribution is 8.00. The first-order valence-corrected chi connectivity index (χ1v) is 7.47. The van der Waals surface area contributed by atoms with E-state index in [2.05, 4.69) is 0 Å². The normalized spacial score (nSPS) is 10.5. The summed E-state index contributed by atoms with van der Waals surface area (Å²) in [5.74, 6) is 0.241. The largest absolute Gasteiger partial charge is 0.462 e. The molecule has 0 aliphatic rings. The van der Waals surface area contributed by atoms with Gasteiger partial charge in [-0.2, -0.15) is 0 Å². The number of esters is 1. The lowest BCUT2D eigenvalue weighted by Gasteiger charge is -2.07. The van der Waals surface area contributed by atoms with E-state index < -0.39 is 0 Å². The fourth-order valence-corrected chi connectivity index (χ4v) is 2.23. The molecule has 0 saturated carbocycles. The number of carbonyl (C=O) groups excluding carboxylic acids is 2. The van der Waals surface area contributed by atoms with Crippen molar-refractivity contribution in [3.63, 3.8) is 0 Å². The minimum absolute atomic E-state index is 0.0814. The summed E-state index contributed by atoms with van der Waals surface area (Å²) in [4.78, 5) is 24.0. The number of carbonyl (C=O) groups is 2. The molecule has 0 aliphatic heterocycles. The van der Waals surface area contributed by atoms with E-state index in [1.165, 1.54) is 11.8 Å². The number of ketones is 1. The third kappa shape index (κ3) is 5.92. The van der Waals surface area contributed by atoms with E-state index in [9.17, 15) is 9.59 Å². The van der Waals surface area contributed by atoms with Crippen LogP contribution in [0.2, 0.25) is 0 Å². The van der Waals surface area contributed by atoms with E-state index in [0.717, 1.165) is 16.9 Å². The number of rotatable bonds is 7. The summed E-state index contributed by atoms with van der Waals surface area (Å²) in [6.07, 6.45) is 1.35. The highest BCUT2D eigenvalue weighted by atomic mass is 32.2. The smallest absolute Gasteiger partial charge is 0.316 e. The van der Waals surface area contributed by atoms with Crippen molar-refractivity contribution in [2.24, 2.45) is 0 Å². The zero-order chi connectivity index (χ0) is 14.3. The highest BCUT2D eigenvalue weighted by Gasteiger charge is 2.08. The van der Waals surface area contributed by atoms with Crippen LogP contribution in [0.25, 0.3) is 0 Å². The second-order valence-corrected chi connectivity index (χ2v) is 5.57. The molecule has 0 fully saturated rings.